The number of ketones is 4. The molecule has 52 heavy (non-hydrogen) atoms. The Labute approximate surface area is 325 Å². The van der Waals surface area contributed by atoms with Crippen molar-refractivity contribution >= 4 is 99.0 Å². The van der Waals surface area contributed by atoms with Crippen LogP contribution in [0.4, 0.5) is 0 Å². The molecule has 2 aliphatic carbocycles. The topological polar surface area (TPSA) is 182 Å². The Kier molecular flexibility index (Phi) is 13.6. The minimum absolute atomic E-state index is 0.0457. The number of aromatic nitrogens is 8. The molecule has 1 fully saturated rings. The van der Waals surface area contributed by atoms with Crippen LogP contribution in [0.5, 0.6) is 0 Å². The number of nitrogens with zero attached hydrogens (tertiary/aromatic N) is 8. The molecule has 0 saturated heterocycles. The molecule has 0 atom stereocenters. The molecular formula is C32H28Cl4N8O6S2. The first-order chi connectivity index (χ1) is 24.8. The van der Waals surface area contributed by atoms with Crippen LogP contribution in [0.2, 0.25) is 20.1 Å². The number of tetrazole rings is 2. The maximum Gasteiger partial charge on any atom is 0.344 e. The minimum atomic E-state index is -1.26. The minimum Gasteiger partial charge on any atom is -0.427 e. The second kappa shape index (κ2) is 17.9. The fourth-order valence-corrected chi connectivity index (χ4v) is 8.41. The average Bonchev–Trinajstić information content (AvgIpc) is 3.71. The smallest absolute Gasteiger partial charge is 0.344 e. The summed E-state index contributed by atoms with van der Waals surface area (Å²) in [4.78, 5) is 60.8. The number of aryl methyl sites for hydroxylation is 2. The molecule has 14 nitrogen and oxygen atoms in total. The first kappa shape index (κ1) is 39.5. The zero-order valence-corrected chi connectivity index (χ0v) is 32.1. The number of carbonyl (C=O) groups is 5. The summed E-state index contributed by atoms with van der Waals surface area (Å²) in [5.41, 5.74) is 1.45. The molecule has 0 radical (unpaired) electrons. The SMILES string of the molecule is Cn1nnnc1SCc1c(Cl)ccc(C(=O)C2C(=O)CCCC2=O)c1Cl.Cn1nnnc1SCc1c(Cl)ccc(C(=O)OC2=CC(=O)CCC2)c1Cl. The van der Waals surface area contributed by atoms with Crippen molar-refractivity contribution < 1.29 is 28.7 Å². The van der Waals surface area contributed by atoms with Crippen LogP contribution >= 0.6 is 69.9 Å². The lowest BCUT2D eigenvalue weighted by molar-refractivity contribution is -0.133. The van der Waals surface area contributed by atoms with Crippen molar-refractivity contribution in [3.63, 3.8) is 0 Å². The van der Waals surface area contributed by atoms with Gasteiger partial charge < -0.3 is 4.74 Å². The molecule has 4 aromatic rings. The normalized spacial score (nSPS) is 14.9. The van der Waals surface area contributed by atoms with Gasteiger partial charge in [0, 0.05) is 84.1 Å². The van der Waals surface area contributed by atoms with Gasteiger partial charge >= 0.3 is 5.97 Å². The molecule has 272 valence electrons. The molecule has 0 spiro atoms. The first-order valence-corrected chi connectivity index (χ1v) is 19.0. The van der Waals surface area contributed by atoms with Crippen LogP contribution in [-0.2, 0) is 44.7 Å². The van der Waals surface area contributed by atoms with Crippen LogP contribution in [0.1, 0.15) is 70.4 Å². The van der Waals surface area contributed by atoms with Crippen LogP contribution in [0.25, 0.3) is 0 Å². The number of benzene rings is 2. The van der Waals surface area contributed by atoms with E-state index in [1.807, 2.05) is 0 Å². The first-order valence-electron chi connectivity index (χ1n) is 15.5. The van der Waals surface area contributed by atoms with Gasteiger partial charge in [0.05, 0.1) is 15.6 Å². The Balaban J connectivity index is 0.000000201. The molecular weight excluding hydrogens is 798 g/mol. The zero-order valence-electron chi connectivity index (χ0n) is 27.5. The highest BCUT2D eigenvalue weighted by Gasteiger charge is 2.37. The molecule has 0 amide bonds. The van der Waals surface area contributed by atoms with Crippen molar-refractivity contribution in [2.24, 2.45) is 20.0 Å². The van der Waals surface area contributed by atoms with Crippen molar-refractivity contribution in [2.45, 2.75) is 60.3 Å². The van der Waals surface area contributed by atoms with Gasteiger partial charge in [-0.25, -0.2) is 14.2 Å². The molecule has 2 aromatic carbocycles. The molecule has 0 bridgehead atoms. The molecule has 2 heterocycles. The predicted octanol–water partition coefficient (Wildman–Crippen LogP) is 6.53. The van der Waals surface area contributed by atoms with E-state index in [1.54, 1.807) is 26.2 Å². The molecule has 6 rings (SSSR count). The van der Waals surface area contributed by atoms with Gasteiger partial charge in [-0.3, -0.25) is 19.2 Å². The van der Waals surface area contributed by atoms with E-state index >= 15 is 0 Å². The van der Waals surface area contributed by atoms with E-state index in [2.05, 4.69) is 31.1 Å². The molecule has 0 unspecified atom stereocenters. The zero-order chi connectivity index (χ0) is 37.5. The number of halogens is 4. The second-order valence-electron chi connectivity index (χ2n) is 11.4. The Morgan fingerprint density at radius 3 is 1.75 bits per heavy atom. The van der Waals surface area contributed by atoms with Gasteiger partial charge in [0.15, 0.2) is 23.1 Å². The van der Waals surface area contributed by atoms with E-state index in [4.69, 9.17) is 51.1 Å². The maximum atomic E-state index is 12.8. The third kappa shape index (κ3) is 9.46. The summed E-state index contributed by atoms with van der Waals surface area (Å²) in [6, 6.07) is 6.11. The standard InChI is InChI=1S/2C16H14Cl2N4O3S/c1-22-16(19-20-21-22)26-8-12-13(17)6-5-11(14(12)18)15(24)25-10-4-2-3-9(23)7-10;1-22-16(19-20-21-22)26-7-9-10(17)6-5-8(14(9)18)15(25)13-11(23)3-2-4-12(13)24/h5-7H,2-4,8H2,1H3;5-6,13H,2-4,7H2,1H3. The summed E-state index contributed by atoms with van der Waals surface area (Å²) >= 11 is 27.9. The molecule has 1 saturated carbocycles. The molecule has 2 aromatic heterocycles. The van der Waals surface area contributed by atoms with Crippen LogP contribution in [0.15, 0.2) is 46.4 Å². The van der Waals surface area contributed by atoms with Crippen LogP contribution < -0.4 is 0 Å². The highest BCUT2D eigenvalue weighted by Crippen LogP contribution is 2.36. The third-order valence-corrected chi connectivity index (χ3v) is 11.5. The molecule has 0 N–H and O–H groups in total. The summed E-state index contributed by atoms with van der Waals surface area (Å²) in [7, 11) is 3.42. The number of Topliss-reactive ketones (excluding diaryl/α,β-unsaturated/α-hetero) is 3. The van der Waals surface area contributed by atoms with E-state index in [-0.39, 0.29) is 51.4 Å². The lowest BCUT2D eigenvalue weighted by Gasteiger charge is -2.19. The van der Waals surface area contributed by atoms with Gasteiger partial charge in [-0.15, -0.1) is 10.2 Å². The van der Waals surface area contributed by atoms with E-state index in [9.17, 15) is 24.0 Å². The number of hydrogen-bond donors (Lipinski definition) is 0. The second-order valence-corrected chi connectivity index (χ2v) is 14.9. The van der Waals surface area contributed by atoms with Crippen molar-refractivity contribution in [2.75, 3.05) is 0 Å². The summed E-state index contributed by atoms with van der Waals surface area (Å²) in [6.07, 6.45) is 4.00. The quantitative estimate of drug-likeness (QED) is 0.0728. The van der Waals surface area contributed by atoms with Crippen LogP contribution in [0, 0.1) is 5.92 Å². The Hall–Kier alpha value is -3.67. The third-order valence-electron chi connectivity index (χ3n) is 7.86. The van der Waals surface area contributed by atoms with Crippen molar-refractivity contribution in [3.8, 4) is 0 Å². The van der Waals surface area contributed by atoms with Gasteiger partial charge in [0.2, 0.25) is 10.3 Å². The van der Waals surface area contributed by atoms with Gasteiger partial charge in [-0.05, 0) is 58.0 Å². The fourth-order valence-electron chi connectivity index (χ4n) is 5.14. The molecule has 2 aliphatic rings. The van der Waals surface area contributed by atoms with E-state index in [0.29, 0.717) is 74.4 Å². The predicted molar refractivity (Wildman–Crippen MR) is 194 cm³/mol. The van der Waals surface area contributed by atoms with Crippen molar-refractivity contribution in [1.82, 2.24) is 40.4 Å². The van der Waals surface area contributed by atoms with Crippen molar-refractivity contribution in [1.29, 1.82) is 0 Å². The number of ether oxygens (including phenoxy) is 1. The summed E-state index contributed by atoms with van der Waals surface area (Å²) < 4.78 is 8.35. The number of esters is 1. The van der Waals surface area contributed by atoms with E-state index in [1.165, 1.54) is 51.1 Å². The number of carbonyl (C=O) groups excluding carboxylic acids is 5. The number of allylic oxidation sites excluding steroid dienone is 2. The fraction of sp³-hybridized carbons (Fsp3) is 0.344. The highest BCUT2D eigenvalue weighted by atomic mass is 35.5. The number of hydrogen-bond acceptors (Lipinski definition) is 14. The Bertz CT molecular complexity index is 2070. The van der Waals surface area contributed by atoms with Crippen LogP contribution in [0.3, 0.4) is 0 Å². The van der Waals surface area contributed by atoms with Gasteiger partial charge in [0.1, 0.15) is 11.7 Å². The van der Waals surface area contributed by atoms with E-state index < -0.39 is 17.7 Å². The number of thioether (sulfide) groups is 2. The van der Waals surface area contributed by atoms with Crippen molar-refractivity contribution in [3.05, 3.63) is 78.4 Å². The summed E-state index contributed by atoms with van der Waals surface area (Å²) in [5.74, 6) is -2.10. The summed E-state index contributed by atoms with van der Waals surface area (Å²) in [5, 5.41) is 24.7. The average molecular weight is 827 g/mol. The Morgan fingerprint density at radius 1 is 0.750 bits per heavy atom. The summed E-state index contributed by atoms with van der Waals surface area (Å²) in [6.45, 7) is 0. The van der Waals surface area contributed by atoms with Gasteiger partial charge in [0.25, 0.3) is 0 Å². The lowest BCUT2D eigenvalue weighted by Crippen LogP contribution is -2.35. The largest absolute Gasteiger partial charge is 0.427 e. The molecule has 0 aliphatic heterocycles. The Morgan fingerprint density at radius 2 is 1.25 bits per heavy atom. The highest BCUT2D eigenvalue weighted by molar-refractivity contribution is 7.98. The number of rotatable bonds is 10. The monoisotopic (exact) mass is 824 g/mol. The maximum absolute atomic E-state index is 12.8. The van der Waals surface area contributed by atoms with Gasteiger partial charge in [-0.2, -0.15) is 0 Å². The van der Waals surface area contributed by atoms with Gasteiger partial charge in [-0.1, -0.05) is 69.9 Å². The molecule has 20 heteroatoms. The lowest BCUT2D eigenvalue weighted by atomic mass is 9.81. The van der Waals surface area contributed by atoms with Crippen LogP contribution in [-0.4, -0.2) is 69.5 Å². The van der Waals surface area contributed by atoms with E-state index in [0.717, 1.165) is 0 Å².